The largest absolute Gasteiger partial charge is 0.294 e. The predicted octanol–water partition coefficient (Wildman–Crippen LogP) is 3.92. The number of nitro benzene ring substituents is 1. The van der Waals surface area contributed by atoms with Crippen molar-refractivity contribution < 1.29 is 4.92 Å². The summed E-state index contributed by atoms with van der Waals surface area (Å²) < 4.78 is 3.20. The number of aryl methyl sites for hydroxylation is 1. The summed E-state index contributed by atoms with van der Waals surface area (Å²) in [5.41, 5.74) is 2.09. The molecule has 0 amide bonds. The molecule has 2 rings (SSSR count). The van der Waals surface area contributed by atoms with Crippen molar-refractivity contribution in [1.82, 2.24) is 9.78 Å². The molecule has 0 saturated carbocycles. The van der Waals surface area contributed by atoms with Crippen molar-refractivity contribution in [2.45, 2.75) is 13.8 Å². The van der Waals surface area contributed by atoms with Crippen LogP contribution in [0.1, 0.15) is 11.4 Å². The summed E-state index contributed by atoms with van der Waals surface area (Å²) in [5, 5.41) is 15.4. The summed E-state index contributed by atoms with van der Waals surface area (Å²) in [6.07, 6.45) is 0. The van der Waals surface area contributed by atoms with E-state index in [9.17, 15) is 10.1 Å². The molecule has 0 bridgehead atoms. The number of nitrogens with zero attached hydrogens (tertiary/aromatic N) is 3. The summed E-state index contributed by atoms with van der Waals surface area (Å²) in [6, 6.07) is 4.79. The molecule has 0 unspecified atom stereocenters. The fraction of sp³-hybridized carbons (Fsp3) is 0.182. The van der Waals surface area contributed by atoms with Gasteiger partial charge < -0.3 is 0 Å². The Morgan fingerprint density at radius 1 is 1.33 bits per heavy atom. The molecule has 0 aliphatic carbocycles. The molecular formula is C11H9Br2N3O2. The molecule has 1 aromatic heterocycles. The summed E-state index contributed by atoms with van der Waals surface area (Å²) in [5.74, 6) is 0. The van der Waals surface area contributed by atoms with Crippen LogP contribution in [0.4, 0.5) is 5.69 Å². The quantitative estimate of drug-likeness (QED) is 0.591. The molecule has 1 heterocycles. The Morgan fingerprint density at radius 2 is 2.00 bits per heavy atom. The molecule has 0 aliphatic rings. The lowest BCUT2D eigenvalue weighted by atomic mass is 10.2. The van der Waals surface area contributed by atoms with E-state index >= 15 is 0 Å². The second-order valence-electron chi connectivity index (χ2n) is 3.79. The average molecular weight is 375 g/mol. The fourth-order valence-corrected chi connectivity index (χ4v) is 2.28. The zero-order valence-electron chi connectivity index (χ0n) is 9.65. The second kappa shape index (κ2) is 4.81. The van der Waals surface area contributed by atoms with Crippen molar-refractivity contribution in [3.05, 3.63) is 48.6 Å². The standard InChI is InChI=1S/C11H9Br2N3O2/c1-6-11(13)7(2)15(14-6)10-5-8(12)3-4-9(10)16(17)18/h3-5H,1-2H3. The van der Waals surface area contributed by atoms with Crippen molar-refractivity contribution in [1.29, 1.82) is 0 Å². The highest BCUT2D eigenvalue weighted by molar-refractivity contribution is 9.10. The van der Waals surface area contributed by atoms with E-state index in [1.807, 2.05) is 13.8 Å². The maximum Gasteiger partial charge on any atom is 0.294 e. The first-order valence-electron chi connectivity index (χ1n) is 5.08. The average Bonchev–Trinajstić information content (AvgIpc) is 2.56. The minimum Gasteiger partial charge on any atom is -0.258 e. The third kappa shape index (κ3) is 2.20. The van der Waals surface area contributed by atoms with Gasteiger partial charge >= 0.3 is 0 Å². The lowest BCUT2D eigenvalue weighted by molar-refractivity contribution is -0.384. The van der Waals surface area contributed by atoms with Gasteiger partial charge in [-0.15, -0.1) is 0 Å². The van der Waals surface area contributed by atoms with Crippen LogP contribution in [-0.2, 0) is 0 Å². The molecule has 0 spiro atoms. The third-order valence-electron chi connectivity index (χ3n) is 2.57. The van der Waals surface area contributed by atoms with Gasteiger partial charge in [-0.05, 0) is 41.9 Å². The maximum absolute atomic E-state index is 11.0. The van der Waals surface area contributed by atoms with E-state index in [1.54, 1.807) is 16.8 Å². The summed E-state index contributed by atoms with van der Waals surface area (Å²) in [6.45, 7) is 3.70. The number of rotatable bonds is 2. The van der Waals surface area contributed by atoms with E-state index in [4.69, 9.17) is 0 Å². The van der Waals surface area contributed by atoms with Gasteiger partial charge in [0.15, 0.2) is 0 Å². The number of halogens is 2. The minimum absolute atomic E-state index is 0.0244. The Balaban J connectivity index is 2.73. The smallest absolute Gasteiger partial charge is 0.258 e. The van der Waals surface area contributed by atoms with Crippen LogP contribution in [0.25, 0.3) is 5.69 Å². The molecule has 0 fully saturated rings. The van der Waals surface area contributed by atoms with Gasteiger partial charge in [0.2, 0.25) is 0 Å². The van der Waals surface area contributed by atoms with Crippen LogP contribution in [0.15, 0.2) is 27.1 Å². The van der Waals surface area contributed by atoms with Crippen LogP contribution < -0.4 is 0 Å². The zero-order chi connectivity index (χ0) is 13.4. The summed E-state index contributed by atoms with van der Waals surface area (Å²) in [7, 11) is 0. The van der Waals surface area contributed by atoms with E-state index < -0.39 is 4.92 Å². The van der Waals surface area contributed by atoms with E-state index in [0.29, 0.717) is 5.69 Å². The van der Waals surface area contributed by atoms with Crippen molar-refractivity contribution in [2.24, 2.45) is 0 Å². The molecule has 0 N–H and O–H groups in total. The van der Waals surface area contributed by atoms with Crippen molar-refractivity contribution in [2.75, 3.05) is 0 Å². The number of hydrogen-bond donors (Lipinski definition) is 0. The van der Waals surface area contributed by atoms with Crippen LogP contribution in [-0.4, -0.2) is 14.7 Å². The molecule has 0 atom stereocenters. The Kier molecular flexibility index (Phi) is 3.54. The first-order valence-corrected chi connectivity index (χ1v) is 6.66. The van der Waals surface area contributed by atoms with Crippen LogP contribution in [0.5, 0.6) is 0 Å². The van der Waals surface area contributed by atoms with Crippen LogP contribution >= 0.6 is 31.9 Å². The zero-order valence-corrected chi connectivity index (χ0v) is 12.8. The summed E-state index contributed by atoms with van der Waals surface area (Å²) in [4.78, 5) is 10.6. The molecule has 5 nitrogen and oxygen atoms in total. The lowest BCUT2D eigenvalue weighted by Crippen LogP contribution is -2.03. The normalized spacial score (nSPS) is 10.7. The van der Waals surface area contributed by atoms with Gasteiger partial charge in [0.05, 0.1) is 20.8 Å². The number of aromatic nitrogens is 2. The van der Waals surface area contributed by atoms with E-state index in [2.05, 4.69) is 37.0 Å². The van der Waals surface area contributed by atoms with Gasteiger partial charge in [-0.1, -0.05) is 15.9 Å². The molecule has 1 aromatic carbocycles. The van der Waals surface area contributed by atoms with Crippen molar-refractivity contribution in [3.63, 3.8) is 0 Å². The molecule has 7 heteroatoms. The fourth-order valence-electron chi connectivity index (χ4n) is 1.68. The van der Waals surface area contributed by atoms with Gasteiger partial charge in [-0.25, -0.2) is 4.68 Å². The first-order chi connectivity index (χ1) is 8.41. The lowest BCUT2D eigenvalue weighted by Gasteiger charge is -2.06. The van der Waals surface area contributed by atoms with Gasteiger partial charge in [0.25, 0.3) is 5.69 Å². The molecule has 0 radical (unpaired) electrons. The Bertz CT molecular complexity index is 637. The number of nitro groups is 1. The van der Waals surface area contributed by atoms with E-state index in [1.165, 1.54) is 6.07 Å². The van der Waals surface area contributed by atoms with Crippen LogP contribution in [0.3, 0.4) is 0 Å². The van der Waals surface area contributed by atoms with Gasteiger partial charge in [-0.2, -0.15) is 5.10 Å². The molecule has 18 heavy (non-hydrogen) atoms. The van der Waals surface area contributed by atoms with Crippen molar-refractivity contribution >= 4 is 37.5 Å². The van der Waals surface area contributed by atoms with E-state index in [-0.39, 0.29) is 5.69 Å². The van der Waals surface area contributed by atoms with Crippen LogP contribution in [0.2, 0.25) is 0 Å². The highest BCUT2D eigenvalue weighted by Crippen LogP contribution is 2.30. The summed E-state index contributed by atoms with van der Waals surface area (Å²) >= 11 is 6.73. The Morgan fingerprint density at radius 3 is 2.50 bits per heavy atom. The Labute approximate surface area is 120 Å². The van der Waals surface area contributed by atoms with Gasteiger partial charge in [0.1, 0.15) is 5.69 Å². The predicted molar refractivity (Wildman–Crippen MR) is 75.1 cm³/mol. The number of hydrogen-bond acceptors (Lipinski definition) is 3. The topological polar surface area (TPSA) is 61.0 Å². The Hall–Kier alpha value is -1.21. The van der Waals surface area contributed by atoms with Gasteiger partial charge in [-0.3, -0.25) is 10.1 Å². The molecule has 0 aliphatic heterocycles. The molecule has 2 aromatic rings. The maximum atomic E-state index is 11.0. The second-order valence-corrected chi connectivity index (χ2v) is 5.50. The van der Waals surface area contributed by atoms with Crippen molar-refractivity contribution in [3.8, 4) is 5.69 Å². The van der Waals surface area contributed by atoms with E-state index in [0.717, 1.165) is 20.3 Å². The SMILES string of the molecule is Cc1nn(-c2cc(Br)ccc2[N+](=O)[O-])c(C)c1Br. The third-order valence-corrected chi connectivity index (χ3v) is 4.21. The molecule has 94 valence electrons. The van der Waals surface area contributed by atoms with Gasteiger partial charge in [0, 0.05) is 10.5 Å². The monoisotopic (exact) mass is 373 g/mol. The highest BCUT2D eigenvalue weighted by Gasteiger charge is 2.19. The number of benzene rings is 1. The first kappa shape index (κ1) is 13.2. The molecular weight excluding hydrogens is 366 g/mol. The molecule has 0 saturated heterocycles. The highest BCUT2D eigenvalue weighted by atomic mass is 79.9. The minimum atomic E-state index is -0.411. The van der Waals surface area contributed by atoms with Crippen LogP contribution in [0, 0.1) is 24.0 Å².